The van der Waals surface area contributed by atoms with E-state index in [4.69, 9.17) is 14.2 Å². The topological polar surface area (TPSA) is 131 Å². The number of pyridine rings is 1. The van der Waals surface area contributed by atoms with Crippen molar-refractivity contribution in [3.8, 4) is 34.3 Å². The molecule has 0 amide bonds. The van der Waals surface area contributed by atoms with Crippen molar-refractivity contribution in [1.29, 1.82) is 0 Å². The number of para-hydroxylation sites is 1. The standard InChI is InChI=1S/C24H25FN6O5S/c1-15(8-21-27-11-17(25)12-28-21)37(32,33)14-22-29-30-24(16-9-18(34-2)13-26-10-16)31(22)23-19(35-3)6-5-7-20(23)36-4/h5-7,9-13,15H,8,14H2,1-4H3/t15-/m1/s1. The van der Waals surface area contributed by atoms with Crippen LogP contribution in [0.15, 0.2) is 49.1 Å². The van der Waals surface area contributed by atoms with Crippen molar-refractivity contribution in [2.75, 3.05) is 21.3 Å². The van der Waals surface area contributed by atoms with Gasteiger partial charge in [-0.25, -0.2) is 22.8 Å². The van der Waals surface area contributed by atoms with E-state index in [0.29, 0.717) is 34.3 Å². The number of hydrogen-bond acceptors (Lipinski definition) is 10. The van der Waals surface area contributed by atoms with Crippen LogP contribution >= 0.6 is 0 Å². The maximum Gasteiger partial charge on any atom is 0.170 e. The summed E-state index contributed by atoms with van der Waals surface area (Å²) in [5.41, 5.74) is 0.964. The maximum atomic E-state index is 13.4. The van der Waals surface area contributed by atoms with Crippen LogP contribution in [0.1, 0.15) is 18.6 Å². The molecule has 0 fully saturated rings. The van der Waals surface area contributed by atoms with Crippen LogP contribution in [0.2, 0.25) is 0 Å². The zero-order chi connectivity index (χ0) is 26.6. The zero-order valence-electron chi connectivity index (χ0n) is 20.6. The fourth-order valence-electron chi connectivity index (χ4n) is 3.69. The van der Waals surface area contributed by atoms with Gasteiger partial charge < -0.3 is 14.2 Å². The first-order chi connectivity index (χ1) is 17.8. The lowest BCUT2D eigenvalue weighted by molar-refractivity contribution is 0.390. The molecule has 3 heterocycles. The molecule has 0 aliphatic rings. The summed E-state index contributed by atoms with van der Waals surface area (Å²) < 4.78 is 58.0. The van der Waals surface area contributed by atoms with Gasteiger partial charge in [0.25, 0.3) is 0 Å². The molecule has 0 saturated heterocycles. The number of aromatic nitrogens is 6. The number of ether oxygens (including phenoxy) is 3. The lowest BCUT2D eigenvalue weighted by atomic mass is 10.2. The minimum Gasteiger partial charge on any atom is -0.495 e. The van der Waals surface area contributed by atoms with Crippen molar-refractivity contribution in [2.45, 2.75) is 24.3 Å². The lowest BCUT2D eigenvalue weighted by Crippen LogP contribution is -2.24. The molecule has 0 spiro atoms. The molecule has 11 nitrogen and oxygen atoms in total. The number of sulfone groups is 1. The summed E-state index contributed by atoms with van der Waals surface area (Å²) in [5.74, 6) is 0.931. The van der Waals surface area contributed by atoms with Gasteiger partial charge in [-0.05, 0) is 25.1 Å². The average molecular weight is 529 g/mol. The van der Waals surface area contributed by atoms with Crippen LogP contribution in [0.5, 0.6) is 17.2 Å². The van der Waals surface area contributed by atoms with Crippen molar-refractivity contribution in [2.24, 2.45) is 0 Å². The van der Waals surface area contributed by atoms with Crippen molar-refractivity contribution >= 4 is 9.84 Å². The van der Waals surface area contributed by atoms with E-state index >= 15 is 0 Å². The molecule has 13 heteroatoms. The van der Waals surface area contributed by atoms with Gasteiger partial charge in [0.05, 0.1) is 45.2 Å². The SMILES string of the molecule is COc1cncc(-c2nnc(CS(=O)(=O)[C@H](C)Cc3ncc(F)cn3)n2-c2c(OC)cccc2OC)c1. The van der Waals surface area contributed by atoms with Gasteiger partial charge in [0.1, 0.15) is 34.5 Å². The number of rotatable bonds is 10. The Balaban J connectivity index is 1.82. The molecule has 0 aliphatic heterocycles. The van der Waals surface area contributed by atoms with Crippen molar-refractivity contribution in [3.05, 3.63) is 66.5 Å². The first-order valence-corrected chi connectivity index (χ1v) is 12.8. The Kier molecular flexibility index (Phi) is 7.62. The van der Waals surface area contributed by atoms with E-state index in [0.717, 1.165) is 12.4 Å². The minimum absolute atomic E-state index is 0.00138. The molecule has 1 aromatic carbocycles. The second kappa shape index (κ2) is 10.9. The first-order valence-electron chi connectivity index (χ1n) is 11.1. The second-order valence-corrected chi connectivity index (χ2v) is 10.5. The highest BCUT2D eigenvalue weighted by atomic mass is 32.2. The molecular weight excluding hydrogens is 503 g/mol. The number of halogens is 1. The molecule has 0 N–H and O–H groups in total. The van der Waals surface area contributed by atoms with Crippen LogP contribution in [0.25, 0.3) is 17.1 Å². The van der Waals surface area contributed by atoms with E-state index in [2.05, 4.69) is 25.1 Å². The molecule has 4 aromatic rings. The van der Waals surface area contributed by atoms with Crippen LogP contribution in [0.3, 0.4) is 0 Å². The fourth-order valence-corrected chi connectivity index (χ4v) is 4.92. The third-order valence-electron chi connectivity index (χ3n) is 5.65. The Morgan fingerprint density at radius 1 is 0.973 bits per heavy atom. The van der Waals surface area contributed by atoms with Gasteiger partial charge >= 0.3 is 0 Å². The summed E-state index contributed by atoms with van der Waals surface area (Å²) in [5, 5.41) is 7.65. The van der Waals surface area contributed by atoms with Gasteiger partial charge in [-0.3, -0.25) is 9.55 Å². The normalized spacial score (nSPS) is 12.2. The molecule has 3 aromatic heterocycles. The van der Waals surface area contributed by atoms with Gasteiger partial charge in [-0.1, -0.05) is 6.07 Å². The van der Waals surface area contributed by atoms with Crippen LogP contribution in [-0.2, 0) is 22.0 Å². The number of nitrogens with zero attached hydrogens (tertiary/aromatic N) is 6. The molecule has 0 aliphatic carbocycles. The summed E-state index contributed by atoms with van der Waals surface area (Å²) in [6.07, 6.45) is 5.11. The Bertz CT molecular complexity index is 1470. The maximum absolute atomic E-state index is 13.4. The highest BCUT2D eigenvalue weighted by molar-refractivity contribution is 7.91. The summed E-state index contributed by atoms with van der Waals surface area (Å²) in [6.45, 7) is 1.54. The van der Waals surface area contributed by atoms with Gasteiger partial charge in [0.2, 0.25) is 0 Å². The molecule has 0 unspecified atom stereocenters. The second-order valence-electron chi connectivity index (χ2n) is 8.04. The number of methoxy groups -OCH3 is 3. The highest BCUT2D eigenvalue weighted by Crippen LogP contribution is 2.37. The molecular formula is C24H25FN6O5S. The quantitative estimate of drug-likeness (QED) is 0.303. The van der Waals surface area contributed by atoms with Crippen LogP contribution in [0, 0.1) is 5.82 Å². The fraction of sp³-hybridized carbons (Fsp3) is 0.292. The molecule has 0 radical (unpaired) electrons. The molecule has 0 saturated carbocycles. The molecule has 0 bridgehead atoms. The Morgan fingerprint density at radius 2 is 1.65 bits per heavy atom. The monoisotopic (exact) mass is 528 g/mol. The number of hydrogen-bond donors (Lipinski definition) is 0. The smallest absolute Gasteiger partial charge is 0.170 e. The van der Waals surface area contributed by atoms with Gasteiger partial charge in [0.15, 0.2) is 27.3 Å². The molecule has 194 valence electrons. The van der Waals surface area contributed by atoms with Gasteiger partial charge in [0, 0.05) is 18.2 Å². The van der Waals surface area contributed by atoms with Crippen molar-refractivity contribution in [1.82, 2.24) is 29.7 Å². The van der Waals surface area contributed by atoms with E-state index in [1.165, 1.54) is 21.3 Å². The third-order valence-corrected chi connectivity index (χ3v) is 7.70. The highest BCUT2D eigenvalue weighted by Gasteiger charge is 2.29. The average Bonchev–Trinajstić information content (AvgIpc) is 3.31. The Hall–Kier alpha value is -4.13. The van der Waals surface area contributed by atoms with E-state index in [1.807, 2.05) is 0 Å². The summed E-state index contributed by atoms with van der Waals surface area (Å²) in [6, 6.07) is 6.90. The van der Waals surface area contributed by atoms with Gasteiger partial charge in [-0.15, -0.1) is 10.2 Å². The van der Waals surface area contributed by atoms with Gasteiger partial charge in [-0.2, -0.15) is 0 Å². The van der Waals surface area contributed by atoms with Crippen LogP contribution < -0.4 is 14.2 Å². The molecule has 1 atom stereocenters. The summed E-state index contributed by atoms with van der Waals surface area (Å²) in [4.78, 5) is 11.9. The summed E-state index contributed by atoms with van der Waals surface area (Å²) >= 11 is 0. The predicted molar refractivity (Wildman–Crippen MR) is 132 cm³/mol. The van der Waals surface area contributed by atoms with E-state index < -0.39 is 26.7 Å². The predicted octanol–water partition coefficient (Wildman–Crippen LogP) is 2.83. The molecule has 37 heavy (non-hydrogen) atoms. The Morgan fingerprint density at radius 3 is 2.27 bits per heavy atom. The lowest BCUT2D eigenvalue weighted by Gasteiger charge is -2.18. The van der Waals surface area contributed by atoms with Crippen molar-refractivity contribution < 1.29 is 27.0 Å². The minimum atomic E-state index is -3.79. The number of benzene rings is 1. The third kappa shape index (κ3) is 5.50. The van der Waals surface area contributed by atoms with Crippen LogP contribution in [0.4, 0.5) is 4.39 Å². The first kappa shape index (κ1) is 25.9. The summed E-state index contributed by atoms with van der Waals surface area (Å²) in [7, 11) is 0.714. The van der Waals surface area contributed by atoms with E-state index in [9.17, 15) is 12.8 Å². The molecule has 4 rings (SSSR count). The van der Waals surface area contributed by atoms with Crippen LogP contribution in [-0.4, -0.2) is 64.7 Å². The largest absolute Gasteiger partial charge is 0.495 e. The van der Waals surface area contributed by atoms with E-state index in [-0.39, 0.29) is 18.1 Å². The van der Waals surface area contributed by atoms with Crippen molar-refractivity contribution in [3.63, 3.8) is 0 Å². The van der Waals surface area contributed by atoms with E-state index in [1.54, 1.807) is 48.1 Å². The zero-order valence-corrected chi connectivity index (χ0v) is 21.4. The Labute approximate surface area is 213 Å².